The third-order valence-corrected chi connectivity index (χ3v) is 5.30. The molecule has 2 rings (SSSR count). The summed E-state index contributed by atoms with van der Waals surface area (Å²) in [5.74, 6) is 0.0271. The molecule has 1 aliphatic heterocycles. The van der Waals surface area contributed by atoms with E-state index in [9.17, 15) is 13.2 Å². The maximum atomic E-state index is 12.3. The Morgan fingerprint density at radius 1 is 1.23 bits per heavy atom. The van der Waals surface area contributed by atoms with Crippen LogP contribution in [-0.4, -0.2) is 49.4 Å². The largest absolute Gasteiger partial charge is 0.338 e. The van der Waals surface area contributed by atoms with E-state index >= 15 is 0 Å². The third-order valence-electron chi connectivity index (χ3n) is 4.00. The second kappa shape index (κ2) is 7.24. The van der Waals surface area contributed by atoms with Crippen LogP contribution in [-0.2, 0) is 27.8 Å². The van der Waals surface area contributed by atoms with Gasteiger partial charge in [0.05, 0.1) is 6.26 Å². The second-order valence-corrected chi connectivity index (χ2v) is 7.73. The summed E-state index contributed by atoms with van der Waals surface area (Å²) >= 11 is 0. The molecule has 0 aliphatic carbocycles. The summed E-state index contributed by atoms with van der Waals surface area (Å²) in [6.45, 7) is 4.00. The summed E-state index contributed by atoms with van der Waals surface area (Å²) in [4.78, 5) is 14.2. The molecule has 1 aromatic rings. The maximum absolute atomic E-state index is 12.3. The number of carbonyl (C=O) groups excluding carboxylic acids is 1. The van der Waals surface area contributed by atoms with Crippen LogP contribution in [0.5, 0.6) is 0 Å². The fourth-order valence-corrected chi connectivity index (χ4v) is 3.72. The van der Waals surface area contributed by atoms with Gasteiger partial charge in [-0.25, -0.2) is 12.7 Å². The van der Waals surface area contributed by atoms with Gasteiger partial charge in [-0.2, -0.15) is 0 Å². The quantitative estimate of drug-likeness (QED) is 0.799. The van der Waals surface area contributed by atoms with Crippen molar-refractivity contribution in [3.63, 3.8) is 0 Å². The molecule has 0 atom stereocenters. The van der Waals surface area contributed by atoms with E-state index in [1.54, 1.807) is 0 Å². The lowest BCUT2D eigenvalue weighted by molar-refractivity contribution is -0.132. The molecule has 22 heavy (non-hydrogen) atoms. The topological polar surface area (TPSA) is 57.7 Å². The van der Waals surface area contributed by atoms with E-state index in [2.05, 4.69) is 12.1 Å². The first kappa shape index (κ1) is 17.0. The van der Waals surface area contributed by atoms with Gasteiger partial charge in [0.2, 0.25) is 15.9 Å². The Bertz CT molecular complexity index is 628. The Morgan fingerprint density at radius 3 is 2.55 bits per heavy atom. The fourth-order valence-electron chi connectivity index (χ4n) is 2.78. The Balaban J connectivity index is 1.93. The van der Waals surface area contributed by atoms with Crippen LogP contribution in [0, 0.1) is 0 Å². The first-order valence-corrected chi connectivity index (χ1v) is 9.56. The standard InChI is InChI=1S/C16H24N2O3S/c1-3-10-18(22(2,20)21)12-9-16(19)17-11-8-14-6-4-5-7-15(14)13-17/h4-7H,3,8-13H2,1-2H3. The van der Waals surface area contributed by atoms with Gasteiger partial charge in [0.15, 0.2) is 0 Å². The predicted octanol–water partition coefficient (Wildman–Crippen LogP) is 1.63. The van der Waals surface area contributed by atoms with Gasteiger partial charge in [-0.1, -0.05) is 31.2 Å². The predicted molar refractivity (Wildman–Crippen MR) is 86.9 cm³/mol. The number of nitrogens with zero attached hydrogens (tertiary/aromatic N) is 2. The van der Waals surface area contributed by atoms with Crippen molar-refractivity contribution in [2.24, 2.45) is 0 Å². The first-order valence-electron chi connectivity index (χ1n) is 7.71. The van der Waals surface area contributed by atoms with Crippen molar-refractivity contribution in [1.29, 1.82) is 0 Å². The van der Waals surface area contributed by atoms with Gasteiger partial charge in [0.25, 0.3) is 0 Å². The highest BCUT2D eigenvalue weighted by atomic mass is 32.2. The molecule has 0 radical (unpaired) electrons. The number of carbonyl (C=O) groups is 1. The molecule has 6 heteroatoms. The highest BCUT2D eigenvalue weighted by molar-refractivity contribution is 7.88. The molecule has 5 nitrogen and oxygen atoms in total. The monoisotopic (exact) mass is 324 g/mol. The molecule has 0 unspecified atom stereocenters. The first-order chi connectivity index (χ1) is 10.4. The van der Waals surface area contributed by atoms with E-state index in [1.165, 1.54) is 21.7 Å². The molecule has 0 fully saturated rings. The molecule has 0 spiro atoms. The van der Waals surface area contributed by atoms with Crippen LogP contribution in [0.1, 0.15) is 30.9 Å². The summed E-state index contributed by atoms with van der Waals surface area (Å²) < 4.78 is 24.7. The van der Waals surface area contributed by atoms with Crippen LogP contribution in [0.3, 0.4) is 0 Å². The summed E-state index contributed by atoms with van der Waals surface area (Å²) in [6, 6.07) is 8.16. The summed E-state index contributed by atoms with van der Waals surface area (Å²) in [6.07, 6.45) is 3.06. The highest BCUT2D eigenvalue weighted by Crippen LogP contribution is 2.19. The van der Waals surface area contributed by atoms with Gasteiger partial charge >= 0.3 is 0 Å². The molecule has 0 N–H and O–H groups in total. The number of hydrogen-bond acceptors (Lipinski definition) is 3. The Kier molecular flexibility index (Phi) is 5.58. The van der Waals surface area contributed by atoms with E-state index in [-0.39, 0.29) is 18.9 Å². The molecular weight excluding hydrogens is 300 g/mol. The molecule has 1 heterocycles. The molecule has 0 saturated heterocycles. The molecule has 122 valence electrons. The van der Waals surface area contributed by atoms with Gasteiger partial charge < -0.3 is 4.90 Å². The number of sulfonamides is 1. The van der Waals surface area contributed by atoms with Gasteiger partial charge in [-0.05, 0) is 24.0 Å². The number of benzene rings is 1. The minimum absolute atomic E-state index is 0.0271. The minimum atomic E-state index is -3.24. The molecule has 0 saturated carbocycles. The summed E-state index contributed by atoms with van der Waals surface area (Å²) in [5.41, 5.74) is 2.49. The Labute approximate surface area is 133 Å². The molecular formula is C16H24N2O3S. The van der Waals surface area contributed by atoms with Crippen molar-refractivity contribution < 1.29 is 13.2 Å². The highest BCUT2D eigenvalue weighted by Gasteiger charge is 2.22. The van der Waals surface area contributed by atoms with Crippen molar-refractivity contribution in [2.45, 2.75) is 32.7 Å². The zero-order valence-corrected chi connectivity index (χ0v) is 14.1. The minimum Gasteiger partial charge on any atom is -0.338 e. The number of amides is 1. The van der Waals surface area contributed by atoms with Crippen molar-refractivity contribution in [1.82, 2.24) is 9.21 Å². The smallest absolute Gasteiger partial charge is 0.224 e. The van der Waals surface area contributed by atoms with E-state index in [4.69, 9.17) is 0 Å². The van der Waals surface area contributed by atoms with E-state index in [1.807, 2.05) is 24.0 Å². The van der Waals surface area contributed by atoms with Gasteiger partial charge in [0.1, 0.15) is 0 Å². The van der Waals surface area contributed by atoms with Gasteiger partial charge in [-0.15, -0.1) is 0 Å². The molecule has 1 amide bonds. The van der Waals surface area contributed by atoms with Gasteiger partial charge in [0, 0.05) is 32.6 Å². The van der Waals surface area contributed by atoms with E-state index in [0.717, 1.165) is 12.8 Å². The molecule has 1 aromatic carbocycles. The zero-order chi connectivity index (χ0) is 16.2. The van der Waals surface area contributed by atoms with E-state index in [0.29, 0.717) is 19.6 Å². The van der Waals surface area contributed by atoms with Crippen LogP contribution in [0.25, 0.3) is 0 Å². The lowest BCUT2D eigenvalue weighted by atomic mass is 10.00. The molecule has 1 aliphatic rings. The number of rotatable bonds is 6. The second-order valence-electron chi connectivity index (χ2n) is 5.75. The van der Waals surface area contributed by atoms with Crippen LogP contribution in [0.2, 0.25) is 0 Å². The van der Waals surface area contributed by atoms with Crippen molar-refractivity contribution in [2.75, 3.05) is 25.9 Å². The van der Waals surface area contributed by atoms with Crippen molar-refractivity contribution in [3.8, 4) is 0 Å². The lowest BCUT2D eigenvalue weighted by Gasteiger charge is -2.29. The van der Waals surface area contributed by atoms with Crippen LogP contribution in [0.15, 0.2) is 24.3 Å². The Morgan fingerprint density at radius 2 is 1.91 bits per heavy atom. The summed E-state index contributed by atoms with van der Waals surface area (Å²) in [5, 5.41) is 0. The third kappa shape index (κ3) is 4.30. The van der Waals surface area contributed by atoms with Gasteiger partial charge in [-0.3, -0.25) is 4.79 Å². The molecule has 0 bridgehead atoms. The van der Waals surface area contributed by atoms with Crippen LogP contribution < -0.4 is 0 Å². The maximum Gasteiger partial charge on any atom is 0.224 e. The zero-order valence-electron chi connectivity index (χ0n) is 13.3. The number of fused-ring (bicyclic) bond motifs is 1. The average molecular weight is 324 g/mol. The average Bonchev–Trinajstić information content (AvgIpc) is 2.49. The van der Waals surface area contributed by atoms with Crippen molar-refractivity contribution in [3.05, 3.63) is 35.4 Å². The Hall–Kier alpha value is -1.40. The number of hydrogen-bond donors (Lipinski definition) is 0. The van der Waals surface area contributed by atoms with Crippen LogP contribution >= 0.6 is 0 Å². The molecule has 0 aromatic heterocycles. The van der Waals surface area contributed by atoms with E-state index < -0.39 is 10.0 Å². The van der Waals surface area contributed by atoms with Crippen molar-refractivity contribution >= 4 is 15.9 Å². The SMILES string of the molecule is CCCN(CCC(=O)N1CCc2ccccc2C1)S(C)(=O)=O. The van der Waals surface area contributed by atoms with Crippen LogP contribution in [0.4, 0.5) is 0 Å². The lowest BCUT2D eigenvalue weighted by Crippen LogP contribution is -2.39. The summed E-state index contributed by atoms with van der Waals surface area (Å²) in [7, 11) is -3.24. The normalized spacial score (nSPS) is 15.0. The fraction of sp³-hybridized carbons (Fsp3) is 0.562.